The van der Waals surface area contributed by atoms with Crippen LogP contribution in [0.3, 0.4) is 0 Å². The number of carbonyl (C=O) groups excluding carboxylic acids is 1. The third-order valence-electron chi connectivity index (χ3n) is 2.80. The number of methoxy groups -OCH3 is 1. The lowest BCUT2D eigenvalue weighted by atomic mass is 10.2. The molecule has 0 aliphatic carbocycles. The van der Waals surface area contributed by atoms with Crippen molar-refractivity contribution in [2.75, 3.05) is 19.1 Å². The minimum absolute atomic E-state index is 0.104. The van der Waals surface area contributed by atoms with Crippen LogP contribution in [0.2, 0.25) is 0 Å². The van der Waals surface area contributed by atoms with Gasteiger partial charge < -0.3 is 14.6 Å². The van der Waals surface area contributed by atoms with Crippen LogP contribution >= 0.6 is 0 Å². The molecule has 1 aromatic carbocycles. The first-order valence-corrected chi connectivity index (χ1v) is 5.72. The zero-order valence-corrected chi connectivity index (χ0v) is 10.7. The average molecular weight is 258 g/mol. The largest absolute Gasteiger partial charge is 0.497 e. The quantitative estimate of drug-likeness (QED) is 0.910. The van der Waals surface area contributed by atoms with Gasteiger partial charge >= 0.3 is 0 Å². The maximum absolute atomic E-state index is 12.2. The molecule has 98 valence electrons. The van der Waals surface area contributed by atoms with E-state index in [0.717, 1.165) is 0 Å². The second kappa shape index (κ2) is 5.39. The van der Waals surface area contributed by atoms with Crippen LogP contribution in [0.15, 0.2) is 47.5 Å². The minimum atomic E-state index is -0.366. The number of anilines is 1. The molecule has 5 heteroatoms. The highest BCUT2D eigenvalue weighted by atomic mass is 16.5. The summed E-state index contributed by atoms with van der Waals surface area (Å²) in [6.45, 7) is 0. The second-order valence-electron chi connectivity index (χ2n) is 3.99. The van der Waals surface area contributed by atoms with E-state index >= 15 is 0 Å². The third kappa shape index (κ3) is 2.65. The second-order valence-corrected chi connectivity index (χ2v) is 3.99. The molecule has 0 bridgehead atoms. The topological polar surface area (TPSA) is 62.4 Å². The summed E-state index contributed by atoms with van der Waals surface area (Å²) >= 11 is 0. The molecule has 2 rings (SSSR count). The maximum Gasteiger partial charge on any atom is 0.263 e. The Morgan fingerprint density at radius 2 is 2.11 bits per heavy atom. The summed E-state index contributed by atoms with van der Waals surface area (Å²) in [7, 11) is 3.17. The molecule has 0 saturated carbocycles. The molecule has 0 fully saturated rings. The van der Waals surface area contributed by atoms with Crippen molar-refractivity contribution >= 4 is 11.6 Å². The summed E-state index contributed by atoms with van der Waals surface area (Å²) in [5, 5.41) is 0. The van der Waals surface area contributed by atoms with E-state index in [0.29, 0.717) is 11.4 Å². The van der Waals surface area contributed by atoms with Gasteiger partial charge in [-0.3, -0.25) is 9.59 Å². The predicted octanol–water partition coefficient (Wildman–Crippen LogP) is 1.66. The number of nitrogens with one attached hydrogen (secondary N) is 1. The van der Waals surface area contributed by atoms with Crippen LogP contribution in [0.1, 0.15) is 10.4 Å². The van der Waals surface area contributed by atoms with E-state index < -0.39 is 0 Å². The number of hydrogen-bond acceptors (Lipinski definition) is 3. The Morgan fingerprint density at radius 1 is 1.32 bits per heavy atom. The molecule has 5 nitrogen and oxygen atoms in total. The van der Waals surface area contributed by atoms with Gasteiger partial charge in [-0.15, -0.1) is 0 Å². The van der Waals surface area contributed by atoms with Gasteiger partial charge in [0.1, 0.15) is 11.3 Å². The number of carbonyl (C=O) groups is 1. The SMILES string of the molecule is COc1cccc(N(C)C(=O)c2c[nH]ccc2=O)c1. The van der Waals surface area contributed by atoms with Crippen molar-refractivity contribution in [1.29, 1.82) is 0 Å². The first-order valence-electron chi connectivity index (χ1n) is 5.72. The normalized spacial score (nSPS) is 10.0. The lowest BCUT2D eigenvalue weighted by Crippen LogP contribution is -2.30. The van der Waals surface area contributed by atoms with Crippen LogP contribution in [-0.4, -0.2) is 25.0 Å². The number of amides is 1. The number of H-pyrrole nitrogens is 1. The number of ether oxygens (including phenoxy) is 1. The molecule has 1 heterocycles. The average Bonchev–Trinajstić information content (AvgIpc) is 2.46. The Labute approximate surface area is 110 Å². The van der Waals surface area contributed by atoms with Gasteiger partial charge in [0.15, 0.2) is 5.43 Å². The minimum Gasteiger partial charge on any atom is -0.497 e. The molecule has 19 heavy (non-hydrogen) atoms. The number of pyridine rings is 1. The Kier molecular flexibility index (Phi) is 3.66. The molecule has 1 amide bonds. The van der Waals surface area contributed by atoms with Gasteiger partial charge in [-0.25, -0.2) is 0 Å². The van der Waals surface area contributed by atoms with Crippen LogP contribution in [0, 0.1) is 0 Å². The summed E-state index contributed by atoms with van der Waals surface area (Å²) in [4.78, 5) is 28.0. The fourth-order valence-corrected chi connectivity index (χ4v) is 1.70. The number of aromatic amines is 1. The van der Waals surface area contributed by atoms with Crippen LogP contribution in [0.25, 0.3) is 0 Å². The van der Waals surface area contributed by atoms with Crippen molar-refractivity contribution in [2.24, 2.45) is 0 Å². The summed E-state index contributed by atoms with van der Waals surface area (Å²) in [6.07, 6.45) is 2.89. The predicted molar refractivity (Wildman–Crippen MR) is 72.8 cm³/mol. The molecule has 0 aliphatic heterocycles. The molecule has 0 aliphatic rings. The van der Waals surface area contributed by atoms with Crippen molar-refractivity contribution in [1.82, 2.24) is 4.98 Å². The number of aromatic nitrogens is 1. The van der Waals surface area contributed by atoms with Crippen LogP contribution in [-0.2, 0) is 0 Å². The number of hydrogen-bond donors (Lipinski definition) is 1. The van der Waals surface area contributed by atoms with Gasteiger partial charge in [0.25, 0.3) is 5.91 Å². The fraction of sp³-hybridized carbons (Fsp3) is 0.143. The first kappa shape index (κ1) is 12.9. The van der Waals surface area contributed by atoms with Gasteiger partial charge in [0.05, 0.1) is 7.11 Å². The third-order valence-corrected chi connectivity index (χ3v) is 2.80. The van der Waals surface area contributed by atoms with E-state index in [2.05, 4.69) is 4.98 Å². The van der Waals surface area contributed by atoms with Gasteiger partial charge in [-0.2, -0.15) is 0 Å². The van der Waals surface area contributed by atoms with Crippen LogP contribution in [0.5, 0.6) is 5.75 Å². The molecule has 1 N–H and O–H groups in total. The van der Waals surface area contributed by atoms with E-state index in [4.69, 9.17) is 4.74 Å². The lowest BCUT2D eigenvalue weighted by Gasteiger charge is -2.17. The van der Waals surface area contributed by atoms with Gasteiger partial charge in [-0.1, -0.05) is 6.07 Å². The monoisotopic (exact) mass is 258 g/mol. The molecule has 0 radical (unpaired) electrons. The molecule has 0 spiro atoms. The van der Waals surface area contributed by atoms with E-state index in [1.807, 2.05) is 0 Å². The highest BCUT2D eigenvalue weighted by Gasteiger charge is 2.16. The van der Waals surface area contributed by atoms with Crippen molar-refractivity contribution in [3.05, 3.63) is 58.5 Å². The number of nitrogens with zero attached hydrogens (tertiary/aromatic N) is 1. The standard InChI is InChI=1S/C14H14N2O3/c1-16(10-4-3-5-11(8-10)19-2)14(18)12-9-15-7-6-13(12)17/h3-9H,1-2H3,(H,15,17). The molecule has 0 saturated heterocycles. The molecule has 0 unspecified atom stereocenters. The Hall–Kier alpha value is -2.56. The number of benzene rings is 1. The fourth-order valence-electron chi connectivity index (χ4n) is 1.70. The zero-order chi connectivity index (χ0) is 13.8. The molecule has 2 aromatic rings. The Morgan fingerprint density at radius 3 is 2.79 bits per heavy atom. The summed E-state index contributed by atoms with van der Waals surface area (Å²) in [5.74, 6) is 0.286. The van der Waals surface area contributed by atoms with Gasteiger partial charge in [0, 0.05) is 37.3 Å². The Bertz CT molecular complexity index is 649. The van der Waals surface area contributed by atoms with E-state index in [-0.39, 0.29) is 16.9 Å². The highest BCUT2D eigenvalue weighted by molar-refractivity contribution is 6.05. The van der Waals surface area contributed by atoms with Gasteiger partial charge in [-0.05, 0) is 12.1 Å². The maximum atomic E-state index is 12.2. The smallest absolute Gasteiger partial charge is 0.263 e. The molecular formula is C14H14N2O3. The van der Waals surface area contributed by atoms with Crippen molar-refractivity contribution in [2.45, 2.75) is 0 Å². The zero-order valence-electron chi connectivity index (χ0n) is 10.7. The summed E-state index contributed by atoms with van der Waals surface area (Å²) in [5.41, 5.74) is 0.457. The summed E-state index contributed by atoms with van der Waals surface area (Å²) < 4.78 is 5.11. The van der Waals surface area contributed by atoms with Crippen molar-refractivity contribution < 1.29 is 9.53 Å². The van der Waals surface area contributed by atoms with E-state index in [9.17, 15) is 9.59 Å². The van der Waals surface area contributed by atoms with E-state index in [1.54, 1.807) is 38.4 Å². The first-order chi connectivity index (χ1) is 9.13. The molecular weight excluding hydrogens is 244 g/mol. The summed E-state index contributed by atoms with van der Waals surface area (Å²) in [6, 6.07) is 8.41. The molecule has 1 aromatic heterocycles. The van der Waals surface area contributed by atoms with Crippen molar-refractivity contribution in [3.8, 4) is 5.75 Å². The number of rotatable bonds is 3. The Balaban J connectivity index is 2.33. The molecule has 0 atom stereocenters. The van der Waals surface area contributed by atoms with E-state index in [1.165, 1.54) is 23.4 Å². The highest BCUT2D eigenvalue weighted by Crippen LogP contribution is 2.20. The van der Waals surface area contributed by atoms with Crippen LogP contribution in [0.4, 0.5) is 5.69 Å². The van der Waals surface area contributed by atoms with Crippen LogP contribution < -0.4 is 15.1 Å². The van der Waals surface area contributed by atoms with Gasteiger partial charge in [0.2, 0.25) is 0 Å². The van der Waals surface area contributed by atoms with Crippen molar-refractivity contribution in [3.63, 3.8) is 0 Å². The lowest BCUT2D eigenvalue weighted by molar-refractivity contribution is 0.0991.